The van der Waals surface area contributed by atoms with Gasteiger partial charge in [-0.15, -0.1) is 0 Å². The zero-order chi connectivity index (χ0) is 38.0. The molecule has 6 aromatic carbocycles. The quantitative estimate of drug-likeness (QED) is 0.110. The number of ether oxygens (including phenoxy) is 3. The molecule has 0 aliphatic carbocycles. The fourth-order valence-electron chi connectivity index (χ4n) is 6.91. The van der Waals surface area contributed by atoms with Crippen LogP contribution in [-0.2, 0) is 29.2 Å². The fraction of sp³-hybridized carbons (Fsp3) is 0.213. The van der Waals surface area contributed by atoms with Crippen molar-refractivity contribution in [2.24, 2.45) is 5.92 Å². The SMILES string of the molecule is C[C@H]1[C@@H](CN(C)Cc2ccccc2)O[C@@H](c2cccc(-c3cccc(CNC(=O)Nc4ccc(Oc5ccccc5)cc4)c3)c2)O[C@H]1c1ccc(CO)cc1. The zero-order valence-corrected chi connectivity index (χ0v) is 31.2. The summed E-state index contributed by atoms with van der Waals surface area (Å²) in [6.45, 7) is 4.09. The molecule has 3 N–H and O–H groups in total. The van der Waals surface area contributed by atoms with Crippen molar-refractivity contribution in [1.82, 2.24) is 10.2 Å². The molecule has 1 aliphatic rings. The van der Waals surface area contributed by atoms with E-state index in [1.807, 2.05) is 103 Å². The lowest BCUT2D eigenvalue weighted by molar-refractivity contribution is -0.276. The Morgan fingerprint density at radius 1 is 0.691 bits per heavy atom. The highest BCUT2D eigenvalue weighted by atomic mass is 16.7. The highest BCUT2D eigenvalue weighted by Gasteiger charge is 2.39. The molecular weight excluding hydrogens is 687 g/mol. The number of hydrogen-bond acceptors (Lipinski definition) is 6. The van der Waals surface area contributed by atoms with E-state index in [1.165, 1.54) is 5.56 Å². The number of urea groups is 1. The molecule has 1 saturated heterocycles. The van der Waals surface area contributed by atoms with Crippen molar-refractivity contribution in [2.45, 2.75) is 45.1 Å². The predicted molar refractivity (Wildman–Crippen MR) is 216 cm³/mol. The summed E-state index contributed by atoms with van der Waals surface area (Å²) in [6, 6.07) is 51.5. The van der Waals surface area contributed by atoms with Crippen molar-refractivity contribution in [3.8, 4) is 22.6 Å². The Bertz CT molecular complexity index is 2130. The van der Waals surface area contributed by atoms with Gasteiger partial charge in [0.25, 0.3) is 0 Å². The van der Waals surface area contributed by atoms with Crippen LogP contribution in [0.1, 0.15) is 47.1 Å². The molecule has 0 aromatic heterocycles. The van der Waals surface area contributed by atoms with Gasteiger partial charge in [0.05, 0.1) is 18.8 Å². The van der Waals surface area contributed by atoms with Gasteiger partial charge in [-0.25, -0.2) is 4.79 Å². The normalized spacial score (nSPS) is 18.1. The molecule has 55 heavy (non-hydrogen) atoms. The third-order valence-electron chi connectivity index (χ3n) is 9.87. The number of likely N-dealkylation sites (N-methyl/N-ethyl adjacent to an activating group) is 1. The molecule has 0 bridgehead atoms. The fourth-order valence-corrected chi connectivity index (χ4v) is 6.91. The average Bonchev–Trinajstić information content (AvgIpc) is 3.22. The van der Waals surface area contributed by atoms with E-state index < -0.39 is 6.29 Å². The summed E-state index contributed by atoms with van der Waals surface area (Å²) >= 11 is 0. The van der Waals surface area contributed by atoms with Crippen LogP contribution in [0.4, 0.5) is 10.5 Å². The molecule has 1 heterocycles. The molecule has 280 valence electrons. The minimum absolute atomic E-state index is 0.00225. The van der Waals surface area contributed by atoms with Crippen LogP contribution < -0.4 is 15.4 Å². The number of carbonyl (C=O) groups is 1. The number of anilines is 1. The second-order valence-corrected chi connectivity index (χ2v) is 14.1. The van der Waals surface area contributed by atoms with E-state index >= 15 is 0 Å². The van der Waals surface area contributed by atoms with E-state index in [0.717, 1.165) is 52.2 Å². The predicted octanol–water partition coefficient (Wildman–Crippen LogP) is 9.88. The monoisotopic (exact) mass is 733 g/mol. The maximum atomic E-state index is 12.8. The Kier molecular flexibility index (Phi) is 12.3. The Balaban J connectivity index is 1.02. The van der Waals surface area contributed by atoms with Gasteiger partial charge in [0.1, 0.15) is 11.5 Å². The number of rotatable bonds is 13. The zero-order valence-electron chi connectivity index (χ0n) is 31.2. The smallest absolute Gasteiger partial charge is 0.319 e. The van der Waals surface area contributed by atoms with Crippen LogP contribution in [0.15, 0.2) is 158 Å². The Morgan fingerprint density at radius 3 is 2.07 bits per heavy atom. The number of para-hydroxylation sites is 1. The first kappa shape index (κ1) is 37.5. The van der Waals surface area contributed by atoms with Gasteiger partial charge in [-0.3, -0.25) is 4.90 Å². The van der Waals surface area contributed by atoms with Crippen molar-refractivity contribution in [2.75, 3.05) is 18.9 Å². The van der Waals surface area contributed by atoms with E-state index in [-0.39, 0.29) is 30.8 Å². The third kappa shape index (κ3) is 10.1. The largest absolute Gasteiger partial charge is 0.457 e. The molecule has 4 atom stereocenters. The lowest BCUT2D eigenvalue weighted by Gasteiger charge is -2.42. The molecular formula is C47H47N3O5. The van der Waals surface area contributed by atoms with Crippen molar-refractivity contribution in [3.63, 3.8) is 0 Å². The molecule has 6 aromatic rings. The van der Waals surface area contributed by atoms with Crippen LogP contribution in [0.25, 0.3) is 11.1 Å². The summed E-state index contributed by atoms with van der Waals surface area (Å²) in [5.41, 5.74) is 7.79. The highest BCUT2D eigenvalue weighted by molar-refractivity contribution is 5.89. The van der Waals surface area contributed by atoms with E-state index in [9.17, 15) is 9.90 Å². The number of nitrogens with zero attached hydrogens (tertiary/aromatic N) is 1. The molecule has 2 amide bonds. The molecule has 0 radical (unpaired) electrons. The van der Waals surface area contributed by atoms with Crippen molar-refractivity contribution < 1.29 is 24.1 Å². The first-order valence-corrected chi connectivity index (χ1v) is 18.7. The van der Waals surface area contributed by atoms with Gasteiger partial charge in [0, 0.05) is 36.8 Å². The van der Waals surface area contributed by atoms with Gasteiger partial charge in [0.2, 0.25) is 0 Å². The molecule has 8 heteroatoms. The topological polar surface area (TPSA) is 92.3 Å². The summed E-state index contributed by atoms with van der Waals surface area (Å²) in [6.07, 6.45) is -0.882. The molecule has 0 spiro atoms. The number of benzene rings is 6. The van der Waals surface area contributed by atoms with Crippen LogP contribution >= 0.6 is 0 Å². The Morgan fingerprint density at radius 2 is 1.35 bits per heavy atom. The van der Waals surface area contributed by atoms with Crippen molar-refractivity contribution in [1.29, 1.82) is 0 Å². The van der Waals surface area contributed by atoms with Crippen LogP contribution in [0, 0.1) is 5.92 Å². The number of aliphatic hydroxyl groups is 1. The minimum atomic E-state index is -0.582. The Labute approximate surface area is 323 Å². The summed E-state index contributed by atoms with van der Waals surface area (Å²) in [5.74, 6) is 1.52. The molecule has 0 unspecified atom stereocenters. The highest BCUT2D eigenvalue weighted by Crippen LogP contribution is 2.42. The van der Waals surface area contributed by atoms with E-state index in [1.54, 1.807) is 0 Å². The maximum absolute atomic E-state index is 12.8. The molecule has 7 rings (SSSR count). The van der Waals surface area contributed by atoms with Gasteiger partial charge in [0.15, 0.2) is 6.29 Å². The van der Waals surface area contributed by atoms with E-state index in [0.29, 0.717) is 18.0 Å². The molecule has 1 aliphatic heterocycles. The maximum Gasteiger partial charge on any atom is 0.319 e. The summed E-state index contributed by atoms with van der Waals surface area (Å²) < 4.78 is 19.4. The number of hydrogen-bond donors (Lipinski definition) is 3. The number of amides is 2. The minimum Gasteiger partial charge on any atom is -0.457 e. The van der Waals surface area contributed by atoms with E-state index in [2.05, 4.69) is 84.1 Å². The molecule has 8 nitrogen and oxygen atoms in total. The van der Waals surface area contributed by atoms with Crippen molar-refractivity contribution >= 4 is 11.7 Å². The van der Waals surface area contributed by atoms with E-state index in [4.69, 9.17) is 14.2 Å². The summed E-state index contributed by atoms with van der Waals surface area (Å²) in [4.78, 5) is 15.1. The molecule has 1 fully saturated rings. The second kappa shape index (κ2) is 18.0. The first-order valence-electron chi connectivity index (χ1n) is 18.7. The van der Waals surface area contributed by atoms with Gasteiger partial charge in [-0.05, 0) is 89.0 Å². The van der Waals surface area contributed by atoms with Crippen LogP contribution in [-0.4, -0.2) is 35.7 Å². The summed E-state index contributed by atoms with van der Waals surface area (Å²) in [7, 11) is 2.13. The molecule has 0 saturated carbocycles. The summed E-state index contributed by atoms with van der Waals surface area (Å²) in [5, 5.41) is 15.5. The van der Waals surface area contributed by atoms with Crippen LogP contribution in [0.2, 0.25) is 0 Å². The van der Waals surface area contributed by atoms with Gasteiger partial charge >= 0.3 is 6.03 Å². The van der Waals surface area contributed by atoms with Crippen LogP contribution in [0.5, 0.6) is 11.5 Å². The number of aliphatic hydroxyl groups excluding tert-OH is 1. The number of carbonyl (C=O) groups excluding carboxylic acids is 1. The van der Waals surface area contributed by atoms with Crippen LogP contribution in [0.3, 0.4) is 0 Å². The van der Waals surface area contributed by atoms with Gasteiger partial charge in [-0.1, -0.05) is 116 Å². The van der Waals surface area contributed by atoms with Gasteiger partial charge < -0.3 is 30.0 Å². The van der Waals surface area contributed by atoms with Gasteiger partial charge in [-0.2, -0.15) is 0 Å². The lowest BCUT2D eigenvalue weighted by Crippen LogP contribution is -2.43. The number of nitrogens with one attached hydrogen (secondary N) is 2. The Hall–Kier alpha value is -5.77. The second-order valence-electron chi connectivity index (χ2n) is 14.1. The average molecular weight is 734 g/mol. The standard InChI is InChI=1S/C47H47N3O5/c1-33-44(31-50(2)30-34-11-5-3-6-12-34)54-46(55-45(33)37-21-19-35(32-51)20-22-37)40-16-10-15-39(28-40)38-14-9-13-36(27-38)29-48-47(52)49-41-23-25-43(26-24-41)53-42-17-7-4-8-18-42/h3-28,33,44-46,51H,29-32H2,1-2H3,(H2,48,49,52)/t33-,44+,45+,46+/m0/s1. The first-order chi connectivity index (χ1) is 26.9. The van der Waals surface area contributed by atoms with Crippen molar-refractivity contribution in [3.05, 3.63) is 186 Å². The lowest BCUT2D eigenvalue weighted by atomic mass is 9.90. The third-order valence-corrected chi connectivity index (χ3v) is 9.87.